The zero-order valence-electron chi connectivity index (χ0n) is 11.9. The molecule has 0 radical (unpaired) electrons. The Morgan fingerprint density at radius 2 is 2.00 bits per heavy atom. The highest BCUT2D eigenvalue weighted by atomic mass is 16.5. The van der Waals surface area contributed by atoms with Gasteiger partial charge in [-0.2, -0.15) is 0 Å². The van der Waals surface area contributed by atoms with Gasteiger partial charge in [0.1, 0.15) is 11.5 Å². The molecule has 1 aromatic carbocycles. The molecule has 0 amide bonds. The molecule has 0 aliphatic rings. The summed E-state index contributed by atoms with van der Waals surface area (Å²) in [5.41, 5.74) is 6.90. The van der Waals surface area contributed by atoms with E-state index in [-0.39, 0.29) is 11.7 Å². The standard InChI is InChI=1S/C16H19NO4/c1-2-20-13-5-3-11(4-6-13)12(10-17)9-14-7-8-15(21-14)16(18)19/h3-8,12H,2,9-10,17H2,1H3,(H,18,19). The van der Waals surface area contributed by atoms with Crippen molar-refractivity contribution in [2.24, 2.45) is 5.73 Å². The second-order valence-electron chi connectivity index (χ2n) is 4.71. The number of aromatic carboxylic acids is 1. The van der Waals surface area contributed by atoms with Gasteiger partial charge in [0.05, 0.1) is 6.61 Å². The third-order valence-electron chi connectivity index (χ3n) is 3.27. The summed E-state index contributed by atoms with van der Waals surface area (Å²) >= 11 is 0. The minimum absolute atomic E-state index is 0.0486. The molecule has 2 aromatic rings. The van der Waals surface area contributed by atoms with Gasteiger partial charge in [-0.15, -0.1) is 0 Å². The molecule has 0 saturated carbocycles. The lowest BCUT2D eigenvalue weighted by atomic mass is 9.95. The predicted octanol–water partition coefficient (Wildman–Crippen LogP) is 2.66. The van der Waals surface area contributed by atoms with Gasteiger partial charge in [0.15, 0.2) is 0 Å². The molecule has 0 spiro atoms. The number of hydrogen-bond acceptors (Lipinski definition) is 4. The molecule has 2 rings (SSSR count). The Balaban J connectivity index is 2.09. The number of hydrogen-bond donors (Lipinski definition) is 2. The molecular formula is C16H19NO4. The maximum absolute atomic E-state index is 10.8. The summed E-state index contributed by atoms with van der Waals surface area (Å²) in [6.07, 6.45) is 0.567. The molecule has 0 bridgehead atoms. The monoisotopic (exact) mass is 289 g/mol. The van der Waals surface area contributed by atoms with Crippen LogP contribution in [0.3, 0.4) is 0 Å². The summed E-state index contributed by atoms with van der Waals surface area (Å²) in [7, 11) is 0. The van der Waals surface area contributed by atoms with Crippen molar-refractivity contribution < 1.29 is 19.1 Å². The average Bonchev–Trinajstić information content (AvgIpc) is 2.95. The van der Waals surface area contributed by atoms with Crippen molar-refractivity contribution in [3.8, 4) is 5.75 Å². The van der Waals surface area contributed by atoms with E-state index >= 15 is 0 Å². The quantitative estimate of drug-likeness (QED) is 0.818. The van der Waals surface area contributed by atoms with Crippen LogP contribution in [0.2, 0.25) is 0 Å². The van der Waals surface area contributed by atoms with Gasteiger partial charge in [-0.1, -0.05) is 12.1 Å². The summed E-state index contributed by atoms with van der Waals surface area (Å²) in [6, 6.07) is 10.9. The number of carbonyl (C=O) groups is 1. The summed E-state index contributed by atoms with van der Waals surface area (Å²) < 4.78 is 10.7. The molecule has 0 aliphatic heterocycles. The number of benzene rings is 1. The lowest BCUT2D eigenvalue weighted by Gasteiger charge is -2.14. The van der Waals surface area contributed by atoms with E-state index in [4.69, 9.17) is 20.0 Å². The number of carboxylic acid groups (broad SMARTS) is 1. The van der Waals surface area contributed by atoms with Crippen molar-refractivity contribution in [1.29, 1.82) is 0 Å². The van der Waals surface area contributed by atoms with Crippen molar-refractivity contribution in [3.05, 3.63) is 53.5 Å². The highest BCUT2D eigenvalue weighted by molar-refractivity contribution is 5.84. The molecule has 0 aliphatic carbocycles. The minimum atomic E-state index is -1.06. The Morgan fingerprint density at radius 1 is 1.29 bits per heavy atom. The maximum atomic E-state index is 10.8. The highest BCUT2D eigenvalue weighted by Crippen LogP contribution is 2.23. The van der Waals surface area contributed by atoms with E-state index < -0.39 is 5.97 Å². The van der Waals surface area contributed by atoms with E-state index in [1.54, 1.807) is 6.07 Å². The topological polar surface area (TPSA) is 85.7 Å². The number of carboxylic acids is 1. The number of nitrogens with two attached hydrogens (primary N) is 1. The molecule has 5 heteroatoms. The lowest BCUT2D eigenvalue weighted by molar-refractivity contribution is 0.0660. The molecule has 0 fully saturated rings. The molecule has 1 unspecified atom stereocenters. The maximum Gasteiger partial charge on any atom is 0.371 e. The van der Waals surface area contributed by atoms with Gasteiger partial charge in [0.2, 0.25) is 5.76 Å². The molecule has 0 saturated heterocycles. The number of ether oxygens (including phenoxy) is 1. The van der Waals surface area contributed by atoms with Crippen molar-refractivity contribution in [2.45, 2.75) is 19.3 Å². The molecule has 5 nitrogen and oxygen atoms in total. The van der Waals surface area contributed by atoms with E-state index in [1.165, 1.54) is 6.07 Å². The highest BCUT2D eigenvalue weighted by Gasteiger charge is 2.15. The normalized spacial score (nSPS) is 12.1. The zero-order valence-corrected chi connectivity index (χ0v) is 11.9. The van der Waals surface area contributed by atoms with Gasteiger partial charge in [-0.3, -0.25) is 0 Å². The van der Waals surface area contributed by atoms with Crippen LogP contribution in [-0.2, 0) is 6.42 Å². The van der Waals surface area contributed by atoms with E-state index in [0.717, 1.165) is 11.3 Å². The van der Waals surface area contributed by atoms with Crippen molar-refractivity contribution in [2.75, 3.05) is 13.2 Å². The van der Waals surface area contributed by atoms with Gasteiger partial charge in [-0.05, 0) is 43.3 Å². The SMILES string of the molecule is CCOc1ccc(C(CN)Cc2ccc(C(=O)O)o2)cc1. The summed E-state index contributed by atoms with van der Waals surface area (Å²) in [5.74, 6) is 0.410. The fourth-order valence-corrected chi connectivity index (χ4v) is 2.19. The lowest BCUT2D eigenvalue weighted by Crippen LogP contribution is -2.14. The van der Waals surface area contributed by atoms with Crippen LogP contribution in [-0.4, -0.2) is 24.2 Å². The summed E-state index contributed by atoms with van der Waals surface area (Å²) in [6.45, 7) is 3.02. The van der Waals surface area contributed by atoms with Crippen LogP contribution >= 0.6 is 0 Å². The van der Waals surface area contributed by atoms with Crippen LogP contribution in [0, 0.1) is 0 Å². The summed E-state index contributed by atoms with van der Waals surface area (Å²) in [4.78, 5) is 10.8. The van der Waals surface area contributed by atoms with E-state index in [1.807, 2.05) is 31.2 Å². The Labute approximate surface area is 123 Å². The molecule has 3 N–H and O–H groups in total. The van der Waals surface area contributed by atoms with E-state index in [2.05, 4.69) is 0 Å². The summed E-state index contributed by atoms with van der Waals surface area (Å²) in [5, 5.41) is 8.86. The fourth-order valence-electron chi connectivity index (χ4n) is 2.19. The zero-order chi connectivity index (χ0) is 15.2. The Hall–Kier alpha value is -2.27. The van der Waals surface area contributed by atoms with Gasteiger partial charge in [0, 0.05) is 12.3 Å². The van der Waals surface area contributed by atoms with Gasteiger partial charge in [-0.25, -0.2) is 4.79 Å². The first-order chi connectivity index (χ1) is 10.1. The fraction of sp³-hybridized carbons (Fsp3) is 0.312. The molecule has 112 valence electrons. The largest absolute Gasteiger partial charge is 0.494 e. The molecular weight excluding hydrogens is 270 g/mol. The first-order valence-corrected chi connectivity index (χ1v) is 6.88. The van der Waals surface area contributed by atoms with E-state index in [0.29, 0.717) is 25.3 Å². The second-order valence-corrected chi connectivity index (χ2v) is 4.71. The van der Waals surface area contributed by atoms with Gasteiger partial charge < -0.3 is 20.0 Å². The Morgan fingerprint density at radius 3 is 2.52 bits per heavy atom. The van der Waals surface area contributed by atoms with Crippen LogP contribution in [0.4, 0.5) is 0 Å². The van der Waals surface area contributed by atoms with Crippen LogP contribution < -0.4 is 10.5 Å². The van der Waals surface area contributed by atoms with Crippen LogP contribution in [0.25, 0.3) is 0 Å². The molecule has 1 heterocycles. The average molecular weight is 289 g/mol. The van der Waals surface area contributed by atoms with Crippen molar-refractivity contribution in [1.82, 2.24) is 0 Å². The number of rotatable bonds is 7. The smallest absolute Gasteiger partial charge is 0.371 e. The molecule has 1 aromatic heterocycles. The number of furan rings is 1. The first-order valence-electron chi connectivity index (χ1n) is 6.88. The minimum Gasteiger partial charge on any atom is -0.494 e. The Bertz CT molecular complexity index is 589. The van der Waals surface area contributed by atoms with Crippen molar-refractivity contribution >= 4 is 5.97 Å². The first kappa shape index (κ1) is 15.1. The molecule has 1 atom stereocenters. The third kappa shape index (κ3) is 3.86. The van der Waals surface area contributed by atoms with Crippen LogP contribution in [0.1, 0.15) is 34.7 Å². The van der Waals surface area contributed by atoms with Crippen molar-refractivity contribution in [3.63, 3.8) is 0 Å². The third-order valence-corrected chi connectivity index (χ3v) is 3.27. The van der Waals surface area contributed by atoms with Gasteiger partial charge >= 0.3 is 5.97 Å². The van der Waals surface area contributed by atoms with Gasteiger partial charge in [0.25, 0.3) is 0 Å². The Kier molecular flexibility index (Phi) is 5.00. The predicted molar refractivity (Wildman–Crippen MR) is 78.8 cm³/mol. The molecule has 21 heavy (non-hydrogen) atoms. The van der Waals surface area contributed by atoms with E-state index in [9.17, 15) is 4.79 Å². The van der Waals surface area contributed by atoms with Crippen LogP contribution in [0.5, 0.6) is 5.75 Å². The van der Waals surface area contributed by atoms with Crippen LogP contribution in [0.15, 0.2) is 40.8 Å². The second kappa shape index (κ2) is 6.95.